The minimum Gasteiger partial charge on any atom is -0.381 e. The quantitative estimate of drug-likeness (QED) is 0.793. The van der Waals surface area contributed by atoms with E-state index in [0.29, 0.717) is 5.92 Å². The molecule has 0 aliphatic carbocycles. The van der Waals surface area contributed by atoms with Gasteiger partial charge in [-0.05, 0) is 37.3 Å². The molecule has 1 saturated heterocycles. The molecule has 0 spiro atoms. The molecule has 0 atom stereocenters. The van der Waals surface area contributed by atoms with Crippen LogP contribution in [0.15, 0.2) is 18.3 Å². The molecule has 0 bridgehead atoms. The molecule has 3 heterocycles. The van der Waals surface area contributed by atoms with Crippen LogP contribution >= 0.6 is 0 Å². The summed E-state index contributed by atoms with van der Waals surface area (Å²) >= 11 is 0. The maximum atomic E-state index is 5.38. The molecule has 2 aromatic heterocycles. The number of hydrogen-bond donors (Lipinski definition) is 0. The number of nitrogens with zero attached hydrogens (tertiary/aromatic N) is 3. The molecular formula is C13H17N3O. The molecule has 4 heteroatoms. The van der Waals surface area contributed by atoms with Crippen LogP contribution in [0.1, 0.15) is 24.2 Å². The largest absolute Gasteiger partial charge is 0.381 e. The van der Waals surface area contributed by atoms with Crippen molar-refractivity contribution in [1.82, 2.24) is 14.6 Å². The molecule has 0 N–H and O–H groups in total. The van der Waals surface area contributed by atoms with Gasteiger partial charge in [0.15, 0.2) is 5.65 Å². The highest BCUT2D eigenvalue weighted by Crippen LogP contribution is 2.19. The molecule has 4 nitrogen and oxygen atoms in total. The first-order valence-corrected chi connectivity index (χ1v) is 6.21. The number of ether oxygens (including phenoxy) is 1. The maximum Gasteiger partial charge on any atom is 0.160 e. The highest BCUT2D eigenvalue weighted by Gasteiger charge is 2.17. The second-order valence-electron chi connectivity index (χ2n) is 4.81. The zero-order chi connectivity index (χ0) is 11.7. The van der Waals surface area contributed by atoms with E-state index in [4.69, 9.17) is 4.74 Å². The lowest BCUT2D eigenvalue weighted by molar-refractivity contribution is 0.0659. The van der Waals surface area contributed by atoms with Gasteiger partial charge in [-0.25, -0.2) is 0 Å². The molecule has 2 aromatic rings. The van der Waals surface area contributed by atoms with Gasteiger partial charge in [-0.15, -0.1) is 10.2 Å². The van der Waals surface area contributed by atoms with Crippen molar-refractivity contribution in [2.45, 2.75) is 26.2 Å². The highest BCUT2D eigenvalue weighted by molar-refractivity contribution is 5.39. The first kappa shape index (κ1) is 10.7. The van der Waals surface area contributed by atoms with E-state index in [1.54, 1.807) is 0 Å². The van der Waals surface area contributed by atoms with Crippen LogP contribution in [0.5, 0.6) is 0 Å². The van der Waals surface area contributed by atoms with Crippen LogP contribution in [-0.2, 0) is 11.2 Å². The van der Waals surface area contributed by atoms with Crippen LogP contribution < -0.4 is 0 Å². The zero-order valence-electron chi connectivity index (χ0n) is 10.1. The second-order valence-corrected chi connectivity index (χ2v) is 4.81. The Morgan fingerprint density at radius 1 is 1.29 bits per heavy atom. The van der Waals surface area contributed by atoms with Crippen molar-refractivity contribution in [3.05, 3.63) is 29.7 Å². The fraction of sp³-hybridized carbons (Fsp3) is 0.538. The Kier molecular flexibility index (Phi) is 2.81. The number of aromatic nitrogens is 3. The van der Waals surface area contributed by atoms with Gasteiger partial charge in [-0.2, -0.15) is 0 Å². The summed E-state index contributed by atoms with van der Waals surface area (Å²) in [5.41, 5.74) is 2.18. The molecule has 90 valence electrons. The van der Waals surface area contributed by atoms with E-state index >= 15 is 0 Å². The van der Waals surface area contributed by atoms with Gasteiger partial charge in [0.25, 0.3) is 0 Å². The van der Waals surface area contributed by atoms with Gasteiger partial charge in [0.1, 0.15) is 5.82 Å². The van der Waals surface area contributed by atoms with E-state index in [2.05, 4.69) is 33.8 Å². The molecule has 1 aliphatic rings. The molecule has 17 heavy (non-hydrogen) atoms. The molecule has 0 unspecified atom stereocenters. The van der Waals surface area contributed by atoms with Gasteiger partial charge in [-0.1, -0.05) is 6.07 Å². The smallest absolute Gasteiger partial charge is 0.160 e. The summed E-state index contributed by atoms with van der Waals surface area (Å²) in [6, 6.07) is 4.10. The van der Waals surface area contributed by atoms with Gasteiger partial charge >= 0.3 is 0 Å². The van der Waals surface area contributed by atoms with Crippen LogP contribution in [0.3, 0.4) is 0 Å². The predicted molar refractivity (Wildman–Crippen MR) is 65.0 cm³/mol. The molecular weight excluding hydrogens is 214 g/mol. The molecule has 0 aromatic carbocycles. The molecule has 1 fully saturated rings. The molecule has 3 rings (SSSR count). The predicted octanol–water partition coefficient (Wildman–Crippen LogP) is 2.01. The lowest BCUT2D eigenvalue weighted by Crippen LogP contribution is -2.18. The van der Waals surface area contributed by atoms with Crippen LogP contribution in [-0.4, -0.2) is 27.8 Å². The summed E-state index contributed by atoms with van der Waals surface area (Å²) < 4.78 is 7.50. The van der Waals surface area contributed by atoms with Crippen molar-refractivity contribution in [2.75, 3.05) is 13.2 Å². The molecule has 0 amide bonds. The van der Waals surface area contributed by atoms with Crippen LogP contribution in [0.2, 0.25) is 0 Å². The number of aryl methyl sites for hydroxylation is 1. The van der Waals surface area contributed by atoms with Crippen molar-refractivity contribution >= 4 is 5.65 Å². The summed E-state index contributed by atoms with van der Waals surface area (Å²) in [5.74, 6) is 1.77. The maximum absolute atomic E-state index is 5.38. The van der Waals surface area contributed by atoms with Gasteiger partial charge in [0, 0.05) is 25.8 Å². The van der Waals surface area contributed by atoms with Crippen LogP contribution in [0, 0.1) is 12.8 Å². The van der Waals surface area contributed by atoms with Crippen LogP contribution in [0.25, 0.3) is 5.65 Å². The number of pyridine rings is 1. The monoisotopic (exact) mass is 231 g/mol. The van der Waals surface area contributed by atoms with Crippen LogP contribution in [0.4, 0.5) is 0 Å². The Morgan fingerprint density at radius 2 is 2.12 bits per heavy atom. The van der Waals surface area contributed by atoms with Gasteiger partial charge in [0.2, 0.25) is 0 Å². The fourth-order valence-electron chi connectivity index (χ4n) is 2.39. The second kappa shape index (κ2) is 4.45. The van der Waals surface area contributed by atoms with Gasteiger partial charge < -0.3 is 4.74 Å². The van der Waals surface area contributed by atoms with E-state index in [-0.39, 0.29) is 0 Å². The van der Waals surface area contributed by atoms with E-state index < -0.39 is 0 Å². The molecule has 0 radical (unpaired) electrons. The Labute approximate surface area is 101 Å². The molecule has 0 saturated carbocycles. The average Bonchev–Trinajstić information content (AvgIpc) is 2.73. The third-order valence-electron chi connectivity index (χ3n) is 3.43. The Hall–Kier alpha value is -1.42. The minimum atomic E-state index is 0.691. The van der Waals surface area contributed by atoms with Gasteiger partial charge in [-0.3, -0.25) is 4.40 Å². The third-order valence-corrected chi connectivity index (χ3v) is 3.43. The van der Waals surface area contributed by atoms with Crippen molar-refractivity contribution < 1.29 is 4.74 Å². The first-order valence-electron chi connectivity index (χ1n) is 6.21. The Morgan fingerprint density at radius 3 is 2.94 bits per heavy atom. The lowest BCUT2D eigenvalue weighted by Gasteiger charge is -2.20. The lowest BCUT2D eigenvalue weighted by atomic mass is 9.96. The SMILES string of the molecule is Cc1ccc2nnc(CC3CCOCC3)n2c1. The molecule has 1 aliphatic heterocycles. The number of rotatable bonds is 2. The number of fused-ring (bicyclic) bond motifs is 1. The third kappa shape index (κ3) is 2.17. The van der Waals surface area contributed by atoms with E-state index in [9.17, 15) is 0 Å². The summed E-state index contributed by atoms with van der Waals surface area (Å²) in [6.07, 6.45) is 5.40. The van der Waals surface area contributed by atoms with Crippen molar-refractivity contribution in [3.63, 3.8) is 0 Å². The normalized spacial score (nSPS) is 17.7. The summed E-state index contributed by atoms with van der Waals surface area (Å²) in [6.45, 7) is 3.87. The van der Waals surface area contributed by atoms with Gasteiger partial charge in [0.05, 0.1) is 0 Å². The number of hydrogen-bond acceptors (Lipinski definition) is 3. The van der Waals surface area contributed by atoms with E-state index in [0.717, 1.165) is 43.9 Å². The standard InChI is InChI=1S/C13H17N3O/c1-10-2-3-12-14-15-13(16(12)9-10)8-11-4-6-17-7-5-11/h2-3,9,11H,4-8H2,1H3. The Bertz CT molecular complexity index is 514. The minimum absolute atomic E-state index is 0.691. The summed E-state index contributed by atoms with van der Waals surface area (Å²) in [7, 11) is 0. The zero-order valence-corrected chi connectivity index (χ0v) is 10.1. The highest BCUT2D eigenvalue weighted by atomic mass is 16.5. The Balaban J connectivity index is 1.86. The summed E-state index contributed by atoms with van der Waals surface area (Å²) in [4.78, 5) is 0. The van der Waals surface area contributed by atoms with Crippen molar-refractivity contribution in [1.29, 1.82) is 0 Å². The fourth-order valence-corrected chi connectivity index (χ4v) is 2.39. The van der Waals surface area contributed by atoms with Crippen molar-refractivity contribution in [3.8, 4) is 0 Å². The first-order chi connectivity index (χ1) is 8.33. The average molecular weight is 231 g/mol. The summed E-state index contributed by atoms with van der Waals surface area (Å²) in [5, 5.41) is 8.51. The van der Waals surface area contributed by atoms with E-state index in [1.807, 2.05) is 6.07 Å². The van der Waals surface area contributed by atoms with E-state index in [1.165, 1.54) is 5.56 Å². The topological polar surface area (TPSA) is 39.4 Å². The van der Waals surface area contributed by atoms with Crippen molar-refractivity contribution in [2.24, 2.45) is 5.92 Å².